The molecule has 4 aliphatic rings. The molecule has 2 nitrogen and oxygen atoms in total. The summed E-state index contributed by atoms with van der Waals surface area (Å²) in [5.41, 5.74) is 22.2. The van der Waals surface area contributed by atoms with Gasteiger partial charge < -0.3 is 9.80 Å². The second-order valence-corrected chi connectivity index (χ2v) is 24.2. The Morgan fingerprint density at radius 2 is 0.742 bits per heavy atom. The third-order valence-electron chi connectivity index (χ3n) is 15.2. The minimum Gasteiger partial charge on any atom is -0.311 e. The van der Waals surface area contributed by atoms with Crippen LogP contribution in [0.25, 0.3) is 0 Å². The largest absolute Gasteiger partial charge is 0.311 e. The van der Waals surface area contributed by atoms with Crippen molar-refractivity contribution < 1.29 is 0 Å². The fraction of sp³-hybridized carbons (Fsp3) is 0.492. The first-order valence-electron chi connectivity index (χ1n) is 24.5. The van der Waals surface area contributed by atoms with Gasteiger partial charge in [0.1, 0.15) is 0 Å². The third-order valence-corrected chi connectivity index (χ3v) is 15.2. The van der Waals surface area contributed by atoms with E-state index in [1.807, 2.05) is 0 Å². The highest BCUT2D eigenvalue weighted by molar-refractivity contribution is 7.00. The monoisotopic (exact) mass is 823 g/mol. The van der Waals surface area contributed by atoms with Gasteiger partial charge in [-0.1, -0.05) is 158 Å². The molecule has 2 fully saturated rings. The first kappa shape index (κ1) is 43.0. The molecule has 5 aromatic rings. The van der Waals surface area contributed by atoms with Crippen molar-refractivity contribution in [3.05, 3.63) is 124 Å². The maximum atomic E-state index is 2.71. The molecule has 3 heteroatoms. The van der Waals surface area contributed by atoms with Crippen LogP contribution in [-0.4, -0.2) is 6.71 Å². The summed E-state index contributed by atoms with van der Waals surface area (Å²) < 4.78 is 0. The van der Waals surface area contributed by atoms with Crippen molar-refractivity contribution in [2.75, 3.05) is 9.80 Å². The standard InChI is InChI=1S/C59H75BN2/c1-38-28-53-55-54(29-38)62(48-36-45(58(8,9)10)33-46(37-48)59(11,12)13)52-31-42(40-22-18-15-19-23-40)25-27-50(52)60(55)49-26-24-41(39-20-16-14-17-21-39)30-51(49)61(53)47-34-43(56(2,3)4)32-44(35-47)57(5,6)7/h24-37,39-40H,14-23H2,1-13H3. The summed E-state index contributed by atoms with van der Waals surface area (Å²) in [7, 11) is 0. The van der Waals surface area contributed by atoms with Gasteiger partial charge in [0.15, 0.2) is 0 Å². The summed E-state index contributed by atoms with van der Waals surface area (Å²) in [4.78, 5) is 5.42. The highest BCUT2D eigenvalue weighted by atomic mass is 15.2. The number of hydrogen-bond donors (Lipinski definition) is 0. The molecule has 0 N–H and O–H groups in total. The smallest absolute Gasteiger partial charge is 0.252 e. The predicted molar refractivity (Wildman–Crippen MR) is 272 cm³/mol. The highest BCUT2D eigenvalue weighted by Gasteiger charge is 2.44. The Balaban J connectivity index is 1.37. The molecule has 0 saturated heterocycles. The SMILES string of the molecule is Cc1cc2c3c(c1)N(c1cc(C(C)(C)C)cc(C(C)(C)C)c1)c1cc(C4CCCCC4)ccc1B3c1ccc(C3CCCCC3)cc1N2c1cc(C(C)(C)C)cc(C(C)(C)C)c1. The van der Waals surface area contributed by atoms with Crippen molar-refractivity contribution >= 4 is 57.2 Å². The molecule has 0 amide bonds. The van der Waals surface area contributed by atoms with Crippen LogP contribution in [0.4, 0.5) is 34.1 Å². The molecule has 2 aliphatic carbocycles. The molecule has 0 spiro atoms. The van der Waals surface area contributed by atoms with Gasteiger partial charge in [-0.05, 0) is 170 Å². The van der Waals surface area contributed by atoms with Gasteiger partial charge in [0.05, 0.1) is 0 Å². The van der Waals surface area contributed by atoms with Crippen molar-refractivity contribution in [2.24, 2.45) is 0 Å². The Bertz CT molecular complexity index is 2270. The molecule has 2 saturated carbocycles. The molecular formula is C59H75BN2. The van der Waals surface area contributed by atoms with Crippen LogP contribution in [-0.2, 0) is 21.7 Å². The zero-order valence-electron chi connectivity index (χ0n) is 40.8. The van der Waals surface area contributed by atoms with Crippen LogP contribution in [0.15, 0.2) is 84.9 Å². The number of rotatable bonds is 4. The maximum Gasteiger partial charge on any atom is 0.252 e. The summed E-state index contributed by atoms with van der Waals surface area (Å²) in [6.45, 7) is 31.0. The Morgan fingerprint density at radius 1 is 0.403 bits per heavy atom. The van der Waals surface area contributed by atoms with E-state index in [0.29, 0.717) is 11.8 Å². The first-order valence-corrected chi connectivity index (χ1v) is 24.5. The molecule has 62 heavy (non-hydrogen) atoms. The molecule has 9 rings (SSSR count). The van der Waals surface area contributed by atoms with Gasteiger partial charge in [-0.3, -0.25) is 0 Å². The van der Waals surface area contributed by atoms with Crippen LogP contribution in [0.5, 0.6) is 0 Å². The van der Waals surface area contributed by atoms with Crippen LogP contribution in [0.3, 0.4) is 0 Å². The van der Waals surface area contributed by atoms with E-state index in [1.54, 1.807) is 0 Å². The zero-order valence-corrected chi connectivity index (χ0v) is 40.8. The normalized spacial score (nSPS) is 17.5. The summed E-state index contributed by atoms with van der Waals surface area (Å²) in [5, 5.41) is 0. The molecule has 2 heterocycles. The van der Waals surface area contributed by atoms with Gasteiger partial charge in [0.2, 0.25) is 0 Å². The number of hydrogen-bond acceptors (Lipinski definition) is 2. The fourth-order valence-electron chi connectivity index (χ4n) is 11.3. The molecular weight excluding hydrogens is 747 g/mol. The van der Waals surface area contributed by atoms with Gasteiger partial charge >= 0.3 is 0 Å². The van der Waals surface area contributed by atoms with E-state index in [2.05, 4.69) is 185 Å². The van der Waals surface area contributed by atoms with E-state index in [-0.39, 0.29) is 28.4 Å². The number of anilines is 6. The van der Waals surface area contributed by atoms with E-state index < -0.39 is 0 Å². The Labute approximate surface area is 377 Å². The molecule has 0 aromatic heterocycles. The molecule has 0 atom stereocenters. The van der Waals surface area contributed by atoms with Crippen LogP contribution in [0, 0.1) is 6.92 Å². The lowest BCUT2D eigenvalue weighted by atomic mass is 9.33. The molecule has 2 aliphatic heterocycles. The van der Waals surface area contributed by atoms with E-state index in [9.17, 15) is 0 Å². The van der Waals surface area contributed by atoms with Crippen LogP contribution in [0.1, 0.15) is 198 Å². The van der Waals surface area contributed by atoms with Crippen LogP contribution in [0.2, 0.25) is 0 Å². The van der Waals surface area contributed by atoms with E-state index in [0.717, 1.165) is 0 Å². The third kappa shape index (κ3) is 7.87. The van der Waals surface area contributed by atoms with Gasteiger partial charge in [-0.2, -0.15) is 0 Å². The van der Waals surface area contributed by atoms with Gasteiger partial charge in [0.25, 0.3) is 6.71 Å². The predicted octanol–water partition coefficient (Wildman–Crippen LogP) is 15.4. The molecule has 0 bridgehead atoms. The quantitative estimate of drug-likeness (QED) is 0.163. The molecule has 0 unspecified atom stereocenters. The van der Waals surface area contributed by atoms with Crippen molar-refractivity contribution in [2.45, 2.75) is 188 Å². The van der Waals surface area contributed by atoms with Gasteiger partial charge in [-0.15, -0.1) is 0 Å². The number of aryl methyl sites for hydroxylation is 1. The molecule has 0 radical (unpaired) electrons. The first-order chi connectivity index (χ1) is 29.2. The molecule has 5 aromatic carbocycles. The Kier molecular flexibility index (Phi) is 10.7. The number of fused-ring (bicyclic) bond motifs is 4. The molecule has 324 valence electrons. The topological polar surface area (TPSA) is 6.48 Å². The fourth-order valence-corrected chi connectivity index (χ4v) is 11.3. The zero-order chi connectivity index (χ0) is 44.1. The number of nitrogens with zero attached hydrogens (tertiary/aromatic N) is 2. The van der Waals surface area contributed by atoms with Gasteiger partial charge in [-0.25, -0.2) is 0 Å². The van der Waals surface area contributed by atoms with Crippen molar-refractivity contribution in [3.8, 4) is 0 Å². The van der Waals surface area contributed by atoms with E-state index in [4.69, 9.17) is 0 Å². The summed E-state index contributed by atoms with van der Waals surface area (Å²) >= 11 is 0. The average molecular weight is 823 g/mol. The lowest BCUT2D eigenvalue weighted by molar-refractivity contribution is 0.444. The van der Waals surface area contributed by atoms with Crippen LogP contribution >= 0.6 is 0 Å². The highest BCUT2D eigenvalue weighted by Crippen LogP contribution is 2.49. The average Bonchev–Trinajstić information content (AvgIpc) is 3.22. The van der Waals surface area contributed by atoms with Gasteiger partial charge in [0, 0.05) is 34.1 Å². The summed E-state index contributed by atoms with van der Waals surface area (Å²) in [6, 6.07) is 35.6. The van der Waals surface area contributed by atoms with Crippen molar-refractivity contribution in [3.63, 3.8) is 0 Å². The lowest BCUT2D eigenvalue weighted by Crippen LogP contribution is -2.61. The lowest BCUT2D eigenvalue weighted by Gasteiger charge is -2.45. The van der Waals surface area contributed by atoms with Crippen molar-refractivity contribution in [1.82, 2.24) is 0 Å². The Morgan fingerprint density at radius 3 is 1.06 bits per heavy atom. The summed E-state index contributed by atoms with van der Waals surface area (Å²) in [5.74, 6) is 1.24. The maximum absolute atomic E-state index is 2.71. The minimum atomic E-state index is 0.00174. The van der Waals surface area contributed by atoms with Crippen molar-refractivity contribution in [1.29, 1.82) is 0 Å². The second kappa shape index (κ2) is 15.5. The minimum absolute atomic E-state index is 0.00174. The number of benzene rings is 5. The van der Waals surface area contributed by atoms with Crippen LogP contribution < -0.4 is 26.2 Å². The van der Waals surface area contributed by atoms with E-state index in [1.165, 1.54) is 154 Å². The summed E-state index contributed by atoms with van der Waals surface area (Å²) in [6.07, 6.45) is 13.2. The van der Waals surface area contributed by atoms with E-state index >= 15 is 0 Å². The Hall–Kier alpha value is -4.24. The second-order valence-electron chi connectivity index (χ2n) is 24.2.